The molecule has 0 saturated heterocycles. The van der Waals surface area contributed by atoms with Crippen LogP contribution in [0.5, 0.6) is 0 Å². The number of aromatic nitrogens is 4. The molecule has 8 nitrogen and oxygen atoms in total. The Morgan fingerprint density at radius 2 is 1.93 bits per heavy atom. The van der Waals surface area contributed by atoms with Crippen molar-refractivity contribution < 1.29 is 22.3 Å². The van der Waals surface area contributed by atoms with Crippen molar-refractivity contribution in [1.82, 2.24) is 19.7 Å². The minimum Gasteiger partial charge on any atom is -0.377 e. The second-order valence-electron chi connectivity index (χ2n) is 11.1. The second-order valence-corrected chi connectivity index (χ2v) is 11.1. The number of fused-ring (bicyclic) bond motifs is 1. The molecule has 1 fully saturated rings. The first-order valence-electron chi connectivity index (χ1n) is 13.7. The first-order valence-corrected chi connectivity index (χ1v) is 13.7. The van der Waals surface area contributed by atoms with Crippen LogP contribution in [0.2, 0.25) is 0 Å². The van der Waals surface area contributed by atoms with Crippen molar-refractivity contribution >= 4 is 11.6 Å². The molecule has 2 aromatic carbocycles. The van der Waals surface area contributed by atoms with Crippen LogP contribution in [0, 0.1) is 5.82 Å². The third kappa shape index (κ3) is 5.20. The molecule has 1 aliphatic heterocycles. The van der Waals surface area contributed by atoms with E-state index >= 15 is 0 Å². The first-order chi connectivity index (χ1) is 20.1. The number of nitrogens with zero attached hydrogens (tertiary/aromatic N) is 5. The molecule has 42 heavy (non-hydrogen) atoms. The number of halogens is 4. The highest BCUT2D eigenvalue weighted by molar-refractivity contribution is 5.83. The molecule has 0 radical (unpaired) electrons. The summed E-state index contributed by atoms with van der Waals surface area (Å²) in [6.07, 6.45) is -0.227. The summed E-state index contributed by atoms with van der Waals surface area (Å²) in [5.74, 6) is 0.984. The van der Waals surface area contributed by atoms with Gasteiger partial charge in [0, 0.05) is 31.7 Å². The van der Waals surface area contributed by atoms with E-state index < -0.39 is 29.1 Å². The molecule has 0 amide bonds. The van der Waals surface area contributed by atoms with E-state index in [1.807, 2.05) is 4.90 Å². The highest BCUT2D eigenvalue weighted by Gasteiger charge is 2.41. The number of aryl methyl sites for hydroxylation is 1. The SMILES string of the molecule is CNc1cc(-c2ccc(F)cc2-c2nncn2C)cc(N2Cc3c(cccc3C(F)(F)F)C2COCC2(N)CCC2)n1. The zero-order valence-corrected chi connectivity index (χ0v) is 23.2. The maximum Gasteiger partial charge on any atom is 0.416 e. The molecule has 4 aromatic rings. The van der Waals surface area contributed by atoms with Gasteiger partial charge in [-0.1, -0.05) is 18.2 Å². The lowest BCUT2D eigenvalue weighted by molar-refractivity contribution is -0.138. The summed E-state index contributed by atoms with van der Waals surface area (Å²) in [5, 5.41) is 11.2. The molecule has 0 spiro atoms. The van der Waals surface area contributed by atoms with Gasteiger partial charge in [-0.05, 0) is 71.8 Å². The Hall–Kier alpha value is -4.03. The van der Waals surface area contributed by atoms with E-state index in [1.54, 1.807) is 42.9 Å². The predicted molar refractivity (Wildman–Crippen MR) is 151 cm³/mol. The van der Waals surface area contributed by atoms with E-state index in [2.05, 4.69) is 15.5 Å². The fourth-order valence-electron chi connectivity index (χ4n) is 5.80. The van der Waals surface area contributed by atoms with E-state index in [-0.39, 0.29) is 18.7 Å². The number of nitrogens with two attached hydrogens (primary N) is 1. The molecule has 0 bridgehead atoms. The Bertz CT molecular complexity index is 1620. The van der Waals surface area contributed by atoms with Gasteiger partial charge >= 0.3 is 6.18 Å². The molecule has 6 rings (SSSR count). The zero-order valence-electron chi connectivity index (χ0n) is 23.2. The minimum atomic E-state index is -4.51. The van der Waals surface area contributed by atoms with Gasteiger partial charge in [0.15, 0.2) is 5.82 Å². The van der Waals surface area contributed by atoms with E-state index in [1.165, 1.54) is 24.5 Å². The average molecular weight is 582 g/mol. The van der Waals surface area contributed by atoms with Gasteiger partial charge in [-0.2, -0.15) is 13.2 Å². The van der Waals surface area contributed by atoms with Crippen molar-refractivity contribution in [2.75, 3.05) is 30.5 Å². The van der Waals surface area contributed by atoms with Crippen molar-refractivity contribution in [2.45, 2.75) is 43.6 Å². The summed E-state index contributed by atoms with van der Waals surface area (Å²) >= 11 is 0. The maximum absolute atomic E-state index is 14.4. The van der Waals surface area contributed by atoms with Crippen LogP contribution in [0.1, 0.15) is 42.0 Å². The molecule has 2 aliphatic rings. The standard InChI is InChI=1S/C30H31F4N7O/c1-36-26-11-18(20-8-7-19(31)13-22(20)28-39-37-17-40(28)2)12-27(38-26)41-14-23-21(5-3-6-24(23)30(32,33)34)25(41)15-42-16-29(35)9-4-10-29/h3,5-8,11-13,17,25H,4,9-10,14-16,35H2,1-2H3,(H,36,38). The van der Waals surface area contributed by atoms with Gasteiger partial charge in [0.25, 0.3) is 0 Å². The van der Waals surface area contributed by atoms with E-state index in [0.717, 1.165) is 25.3 Å². The van der Waals surface area contributed by atoms with Crippen LogP contribution in [-0.4, -0.2) is 45.5 Å². The van der Waals surface area contributed by atoms with Crippen molar-refractivity contribution in [3.8, 4) is 22.5 Å². The van der Waals surface area contributed by atoms with Crippen LogP contribution >= 0.6 is 0 Å². The monoisotopic (exact) mass is 581 g/mol. The van der Waals surface area contributed by atoms with Crippen LogP contribution in [0.25, 0.3) is 22.5 Å². The van der Waals surface area contributed by atoms with Gasteiger partial charge in [0.1, 0.15) is 23.8 Å². The van der Waals surface area contributed by atoms with Crippen molar-refractivity contribution in [2.24, 2.45) is 12.8 Å². The fraction of sp³-hybridized carbons (Fsp3) is 0.367. The zero-order chi connectivity index (χ0) is 29.6. The Morgan fingerprint density at radius 3 is 2.60 bits per heavy atom. The third-order valence-electron chi connectivity index (χ3n) is 8.20. The highest BCUT2D eigenvalue weighted by atomic mass is 19.4. The van der Waals surface area contributed by atoms with Crippen LogP contribution in [0.3, 0.4) is 0 Å². The van der Waals surface area contributed by atoms with Gasteiger partial charge in [0.05, 0.1) is 24.8 Å². The fourth-order valence-corrected chi connectivity index (χ4v) is 5.80. The molecule has 1 atom stereocenters. The Balaban J connectivity index is 1.43. The minimum absolute atomic E-state index is 0.00796. The molecule has 1 aliphatic carbocycles. The molecule has 220 valence electrons. The number of pyridine rings is 1. The number of hydrogen-bond donors (Lipinski definition) is 2. The van der Waals surface area contributed by atoms with Gasteiger partial charge in [-0.3, -0.25) is 0 Å². The predicted octanol–water partition coefficient (Wildman–Crippen LogP) is 5.70. The number of hydrogen-bond acceptors (Lipinski definition) is 7. The summed E-state index contributed by atoms with van der Waals surface area (Å²) < 4.78 is 64.4. The maximum atomic E-state index is 14.4. The van der Waals surface area contributed by atoms with Gasteiger partial charge in [-0.25, -0.2) is 9.37 Å². The number of benzene rings is 2. The van der Waals surface area contributed by atoms with Crippen molar-refractivity contribution in [1.29, 1.82) is 0 Å². The second kappa shape index (κ2) is 10.7. The van der Waals surface area contributed by atoms with Gasteiger partial charge in [0.2, 0.25) is 0 Å². The Morgan fingerprint density at radius 1 is 1.12 bits per heavy atom. The number of alkyl halides is 3. The van der Waals surface area contributed by atoms with E-state index in [9.17, 15) is 17.6 Å². The number of nitrogens with one attached hydrogen (secondary N) is 1. The normalized spacial score (nSPS) is 17.7. The summed E-state index contributed by atoms with van der Waals surface area (Å²) in [6.45, 7) is 0.471. The average Bonchev–Trinajstić information content (AvgIpc) is 3.54. The first kappa shape index (κ1) is 28.1. The van der Waals surface area contributed by atoms with Gasteiger partial charge in [-0.15, -0.1) is 10.2 Å². The van der Waals surface area contributed by atoms with Crippen LogP contribution in [-0.2, 0) is 24.5 Å². The Kier molecular flexibility index (Phi) is 7.14. The molecule has 3 heterocycles. The molecule has 1 unspecified atom stereocenters. The topological polar surface area (TPSA) is 94.1 Å². The van der Waals surface area contributed by atoms with Crippen molar-refractivity contribution in [3.05, 3.63) is 77.4 Å². The van der Waals surface area contributed by atoms with Crippen LogP contribution < -0.4 is 16.0 Å². The summed E-state index contributed by atoms with van der Waals surface area (Å²) in [7, 11) is 3.48. The van der Waals surface area contributed by atoms with Crippen LogP contribution in [0.4, 0.5) is 29.2 Å². The number of anilines is 2. The highest BCUT2D eigenvalue weighted by Crippen LogP contribution is 2.45. The third-order valence-corrected chi connectivity index (χ3v) is 8.20. The smallest absolute Gasteiger partial charge is 0.377 e. The largest absolute Gasteiger partial charge is 0.416 e. The molecular formula is C30H31F4N7O. The lowest BCUT2D eigenvalue weighted by Crippen LogP contribution is -2.50. The lowest BCUT2D eigenvalue weighted by Gasteiger charge is -2.38. The molecule has 12 heteroatoms. The molecular weight excluding hydrogens is 550 g/mol. The Labute approximate surface area is 240 Å². The molecule has 3 N–H and O–H groups in total. The van der Waals surface area contributed by atoms with E-state index in [0.29, 0.717) is 46.3 Å². The molecule has 2 aromatic heterocycles. The number of ether oxygens (including phenoxy) is 1. The van der Waals surface area contributed by atoms with Gasteiger partial charge < -0.3 is 25.3 Å². The summed E-state index contributed by atoms with van der Waals surface area (Å²) in [4.78, 5) is 6.58. The summed E-state index contributed by atoms with van der Waals surface area (Å²) in [5.41, 5.74) is 7.92. The molecule has 1 saturated carbocycles. The quantitative estimate of drug-likeness (QED) is 0.258. The van der Waals surface area contributed by atoms with E-state index in [4.69, 9.17) is 15.5 Å². The summed E-state index contributed by atoms with van der Waals surface area (Å²) in [6, 6.07) is 11.7. The van der Waals surface area contributed by atoms with Crippen LogP contribution in [0.15, 0.2) is 54.9 Å². The lowest BCUT2D eigenvalue weighted by atomic mass is 9.78. The number of rotatable bonds is 8. The van der Waals surface area contributed by atoms with Crippen molar-refractivity contribution in [3.63, 3.8) is 0 Å².